The molecule has 0 unspecified atom stereocenters. The maximum absolute atomic E-state index is 12.9. The first kappa shape index (κ1) is 25.5. The van der Waals surface area contributed by atoms with Crippen LogP contribution in [0.3, 0.4) is 0 Å². The Kier molecular flexibility index (Phi) is 8.46. The highest BCUT2D eigenvalue weighted by molar-refractivity contribution is 7.89. The number of nitrogens with zero attached hydrogens (tertiary/aromatic N) is 3. The lowest BCUT2D eigenvalue weighted by molar-refractivity contribution is 0.0792. The molecule has 1 aromatic heterocycles. The number of ether oxygens (including phenoxy) is 1. The van der Waals surface area contributed by atoms with Crippen LogP contribution in [0.4, 0.5) is 0 Å². The topological polar surface area (TPSA) is 95.6 Å². The number of carbonyl (C=O) groups excluding carboxylic acids is 1. The molecule has 0 spiro atoms. The fourth-order valence-electron chi connectivity index (χ4n) is 3.62. The number of aromatic nitrogens is 2. The average molecular weight is 485 g/mol. The van der Waals surface area contributed by atoms with E-state index in [1.54, 1.807) is 18.0 Å². The molecule has 3 rings (SSSR count). The lowest BCUT2D eigenvalue weighted by Crippen LogP contribution is -2.28. The summed E-state index contributed by atoms with van der Waals surface area (Å²) in [6.07, 6.45) is 3.68. The van der Waals surface area contributed by atoms with Gasteiger partial charge in [-0.05, 0) is 43.5 Å². The number of sulfonamides is 1. The molecule has 0 bridgehead atoms. The number of aromatic amines is 1. The smallest absolute Gasteiger partial charge is 0.253 e. The van der Waals surface area contributed by atoms with Crippen LogP contribution in [0, 0.1) is 0 Å². The third kappa shape index (κ3) is 6.03. The first-order valence-corrected chi connectivity index (χ1v) is 12.6. The van der Waals surface area contributed by atoms with Crippen molar-refractivity contribution in [2.45, 2.75) is 30.6 Å². The van der Waals surface area contributed by atoms with Gasteiger partial charge < -0.3 is 9.64 Å². The fourth-order valence-corrected chi connectivity index (χ4v) is 4.69. The van der Waals surface area contributed by atoms with Crippen LogP contribution < -0.4 is 4.74 Å². The molecule has 1 N–H and O–H groups in total. The summed E-state index contributed by atoms with van der Waals surface area (Å²) < 4.78 is 31.5. The van der Waals surface area contributed by atoms with Crippen LogP contribution in [0.1, 0.15) is 35.3 Å². The Balaban J connectivity index is 1.51. The number of benzene rings is 2. The van der Waals surface area contributed by atoms with E-state index in [0.717, 1.165) is 46.9 Å². The Morgan fingerprint density at radius 3 is 2.41 bits per heavy atom. The van der Waals surface area contributed by atoms with E-state index in [0.29, 0.717) is 12.1 Å². The summed E-state index contributed by atoms with van der Waals surface area (Å²) in [4.78, 5) is 14.5. The molecule has 34 heavy (non-hydrogen) atoms. The molecule has 182 valence electrons. The van der Waals surface area contributed by atoms with Crippen molar-refractivity contribution in [3.63, 3.8) is 0 Å². The summed E-state index contributed by atoms with van der Waals surface area (Å²) in [6.45, 7) is 0.582. The molecule has 0 saturated carbocycles. The van der Waals surface area contributed by atoms with Crippen molar-refractivity contribution in [2.24, 2.45) is 0 Å². The van der Waals surface area contributed by atoms with Crippen molar-refractivity contribution in [2.75, 3.05) is 34.8 Å². The molecule has 0 saturated heterocycles. The van der Waals surface area contributed by atoms with E-state index in [2.05, 4.69) is 16.3 Å². The number of unbranched alkanes of at least 4 members (excludes halogenated alkanes) is 2. The second kappa shape index (κ2) is 11.3. The molecular formula is C25H32N4O4S. The standard InChI is InChI=1S/C25H32N4O4S/c1-28(2)34(31,32)24-17-20(14-15-23(24)33-4)25(30)29(3)16-10-6-9-13-21-18-22(27-26-21)19-11-7-5-8-12-19/h5,7-8,11-12,14-15,17-18H,6,9-10,13,16H2,1-4H3,(H,26,27). The van der Waals surface area contributed by atoms with E-state index >= 15 is 0 Å². The van der Waals surface area contributed by atoms with Gasteiger partial charge in [0, 0.05) is 44.5 Å². The van der Waals surface area contributed by atoms with E-state index in [-0.39, 0.29) is 16.6 Å². The normalized spacial score (nSPS) is 11.6. The molecule has 0 radical (unpaired) electrons. The highest BCUT2D eigenvalue weighted by Gasteiger charge is 2.24. The molecule has 0 aliphatic carbocycles. The first-order valence-electron chi connectivity index (χ1n) is 11.2. The third-order valence-corrected chi connectivity index (χ3v) is 7.49. The van der Waals surface area contributed by atoms with Crippen LogP contribution in [0.25, 0.3) is 11.3 Å². The zero-order valence-electron chi connectivity index (χ0n) is 20.1. The Bertz CT molecular complexity index is 1210. The van der Waals surface area contributed by atoms with Gasteiger partial charge in [0.2, 0.25) is 10.0 Å². The molecule has 0 aliphatic heterocycles. The van der Waals surface area contributed by atoms with Crippen LogP contribution in [-0.2, 0) is 16.4 Å². The van der Waals surface area contributed by atoms with Gasteiger partial charge in [0.25, 0.3) is 5.91 Å². The summed E-state index contributed by atoms with van der Waals surface area (Å²) in [7, 11) is 2.29. The molecule has 1 amide bonds. The van der Waals surface area contributed by atoms with E-state index in [9.17, 15) is 13.2 Å². The molecule has 0 aliphatic rings. The lowest BCUT2D eigenvalue weighted by Gasteiger charge is -2.19. The number of hydrogen-bond acceptors (Lipinski definition) is 5. The van der Waals surface area contributed by atoms with Gasteiger partial charge >= 0.3 is 0 Å². The lowest BCUT2D eigenvalue weighted by atomic mass is 10.1. The quantitative estimate of drug-likeness (QED) is 0.418. The third-order valence-electron chi connectivity index (χ3n) is 5.66. The number of hydrogen-bond donors (Lipinski definition) is 1. The maximum Gasteiger partial charge on any atom is 0.253 e. The van der Waals surface area contributed by atoms with Crippen LogP contribution in [-0.4, -0.2) is 68.5 Å². The van der Waals surface area contributed by atoms with E-state index in [1.807, 2.05) is 30.3 Å². The Morgan fingerprint density at radius 2 is 1.74 bits per heavy atom. The van der Waals surface area contributed by atoms with Gasteiger partial charge in [0.1, 0.15) is 10.6 Å². The van der Waals surface area contributed by atoms with Gasteiger partial charge in [0.05, 0.1) is 12.8 Å². The Morgan fingerprint density at radius 1 is 1.00 bits per heavy atom. The number of nitrogens with one attached hydrogen (secondary N) is 1. The number of H-pyrrole nitrogens is 1. The number of rotatable bonds is 11. The predicted octanol–water partition coefficient (Wildman–Crippen LogP) is 3.82. The molecule has 0 fully saturated rings. The summed E-state index contributed by atoms with van der Waals surface area (Å²) in [5, 5.41) is 7.49. The summed E-state index contributed by atoms with van der Waals surface area (Å²) >= 11 is 0. The Labute approximate surface area is 201 Å². The van der Waals surface area contributed by atoms with Crippen LogP contribution in [0.5, 0.6) is 5.75 Å². The van der Waals surface area contributed by atoms with Gasteiger partial charge in [-0.3, -0.25) is 9.89 Å². The van der Waals surface area contributed by atoms with Gasteiger partial charge in [-0.15, -0.1) is 0 Å². The molecule has 0 atom stereocenters. The van der Waals surface area contributed by atoms with Crippen molar-refractivity contribution in [3.05, 3.63) is 65.9 Å². The van der Waals surface area contributed by atoms with Crippen molar-refractivity contribution < 1.29 is 17.9 Å². The van der Waals surface area contributed by atoms with Crippen LogP contribution in [0.15, 0.2) is 59.5 Å². The van der Waals surface area contributed by atoms with E-state index in [1.165, 1.54) is 33.3 Å². The number of methoxy groups -OCH3 is 1. The van der Waals surface area contributed by atoms with Crippen molar-refractivity contribution in [1.29, 1.82) is 0 Å². The van der Waals surface area contributed by atoms with Crippen molar-refractivity contribution in [1.82, 2.24) is 19.4 Å². The number of aryl methyl sites for hydroxylation is 1. The van der Waals surface area contributed by atoms with Crippen molar-refractivity contribution in [3.8, 4) is 17.0 Å². The van der Waals surface area contributed by atoms with Crippen LogP contribution in [0.2, 0.25) is 0 Å². The van der Waals surface area contributed by atoms with Crippen molar-refractivity contribution >= 4 is 15.9 Å². The summed E-state index contributed by atoms with van der Waals surface area (Å²) in [5.41, 5.74) is 3.44. The zero-order chi connectivity index (χ0) is 24.7. The second-order valence-corrected chi connectivity index (χ2v) is 10.5. The zero-order valence-corrected chi connectivity index (χ0v) is 20.9. The molecule has 3 aromatic rings. The maximum atomic E-state index is 12.9. The summed E-state index contributed by atoms with van der Waals surface area (Å²) in [6, 6.07) is 16.6. The molecular weight excluding hydrogens is 452 g/mol. The molecule has 2 aromatic carbocycles. The number of amides is 1. The minimum Gasteiger partial charge on any atom is -0.495 e. The first-order chi connectivity index (χ1) is 16.2. The SMILES string of the molecule is COc1ccc(C(=O)N(C)CCCCCc2cc(-c3ccccc3)n[nH]2)cc1S(=O)(=O)N(C)C. The number of carbonyl (C=O) groups is 1. The second-order valence-electron chi connectivity index (χ2n) is 8.33. The van der Waals surface area contributed by atoms with E-state index in [4.69, 9.17) is 4.74 Å². The van der Waals surface area contributed by atoms with Gasteiger partial charge in [-0.1, -0.05) is 36.8 Å². The van der Waals surface area contributed by atoms with Crippen LogP contribution >= 0.6 is 0 Å². The molecule has 9 heteroatoms. The van der Waals surface area contributed by atoms with Gasteiger partial charge in [0.15, 0.2) is 0 Å². The molecule has 1 heterocycles. The minimum absolute atomic E-state index is 0.0197. The predicted molar refractivity (Wildman–Crippen MR) is 132 cm³/mol. The Hall–Kier alpha value is -3.17. The minimum atomic E-state index is -3.74. The summed E-state index contributed by atoms with van der Waals surface area (Å²) in [5.74, 6) is -0.0129. The molecule has 8 nitrogen and oxygen atoms in total. The average Bonchev–Trinajstić information content (AvgIpc) is 3.32. The van der Waals surface area contributed by atoms with E-state index < -0.39 is 10.0 Å². The van der Waals surface area contributed by atoms with Gasteiger partial charge in [-0.25, -0.2) is 12.7 Å². The van der Waals surface area contributed by atoms with Gasteiger partial charge in [-0.2, -0.15) is 5.10 Å². The highest BCUT2D eigenvalue weighted by Crippen LogP contribution is 2.27. The fraction of sp³-hybridized carbons (Fsp3) is 0.360. The largest absolute Gasteiger partial charge is 0.495 e. The highest BCUT2D eigenvalue weighted by atomic mass is 32.2. The monoisotopic (exact) mass is 484 g/mol.